The highest BCUT2D eigenvalue weighted by molar-refractivity contribution is 7.89. The van der Waals surface area contributed by atoms with Gasteiger partial charge in [-0.2, -0.15) is 0 Å². The molecule has 1 aromatic rings. The van der Waals surface area contributed by atoms with Crippen LogP contribution in [0.3, 0.4) is 0 Å². The Morgan fingerprint density at radius 2 is 1.81 bits per heavy atom. The van der Waals surface area contributed by atoms with Gasteiger partial charge in [0, 0.05) is 5.54 Å². The Balaban J connectivity index is 2.11. The van der Waals surface area contributed by atoms with Gasteiger partial charge < -0.3 is 4.74 Å². The number of nitrogens with one attached hydrogen (secondary N) is 1. The summed E-state index contributed by atoms with van der Waals surface area (Å²) in [5.41, 5.74) is 0.386. The van der Waals surface area contributed by atoms with E-state index in [4.69, 9.17) is 0 Å². The topological polar surface area (TPSA) is 72.5 Å². The van der Waals surface area contributed by atoms with Crippen LogP contribution in [0.4, 0.5) is 0 Å². The predicted octanol–water partition coefficient (Wildman–Crippen LogP) is 2.01. The summed E-state index contributed by atoms with van der Waals surface area (Å²) in [5, 5.41) is 0. The van der Waals surface area contributed by atoms with E-state index in [1.54, 1.807) is 12.1 Å². The van der Waals surface area contributed by atoms with Crippen LogP contribution in [-0.2, 0) is 26.0 Å². The number of hydrogen-bond acceptors (Lipinski definition) is 4. The van der Waals surface area contributed by atoms with Crippen LogP contribution in [0.25, 0.3) is 0 Å². The third-order valence-corrected chi connectivity index (χ3v) is 5.55. The maximum atomic E-state index is 12.4. The molecule has 0 radical (unpaired) electrons. The summed E-state index contributed by atoms with van der Waals surface area (Å²) in [6, 6.07) is 6.34. The highest BCUT2D eigenvalue weighted by atomic mass is 32.2. The first kappa shape index (κ1) is 16.0. The lowest BCUT2D eigenvalue weighted by molar-refractivity contribution is -0.139. The van der Waals surface area contributed by atoms with E-state index in [1.165, 1.54) is 19.2 Å². The SMILES string of the molecule is COC(=O)Cc1ccc(S(=O)(=O)NC2(C)CCCC2)cc1. The van der Waals surface area contributed by atoms with Crippen molar-refractivity contribution in [1.82, 2.24) is 4.72 Å². The van der Waals surface area contributed by atoms with E-state index in [2.05, 4.69) is 9.46 Å². The first-order chi connectivity index (χ1) is 9.85. The molecule has 0 saturated heterocycles. The van der Waals surface area contributed by atoms with Crippen molar-refractivity contribution in [2.24, 2.45) is 0 Å². The second-order valence-corrected chi connectivity index (χ2v) is 7.45. The second kappa shape index (κ2) is 6.15. The van der Waals surface area contributed by atoms with Crippen LogP contribution in [0.1, 0.15) is 38.2 Å². The zero-order valence-corrected chi connectivity index (χ0v) is 13.2. The summed E-state index contributed by atoms with van der Waals surface area (Å²) in [4.78, 5) is 11.4. The number of esters is 1. The minimum absolute atomic E-state index is 0.141. The zero-order valence-electron chi connectivity index (χ0n) is 12.4. The molecule has 1 aromatic carbocycles. The van der Waals surface area contributed by atoms with Gasteiger partial charge in [-0.3, -0.25) is 4.79 Å². The lowest BCUT2D eigenvalue weighted by Crippen LogP contribution is -2.43. The lowest BCUT2D eigenvalue weighted by Gasteiger charge is -2.24. The molecule has 0 amide bonds. The van der Waals surface area contributed by atoms with Crippen molar-refractivity contribution >= 4 is 16.0 Å². The van der Waals surface area contributed by atoms with Crippen molar-refractivity contribution < 1.29 is 17.9 Å². The van der Waals surface area contributed by atoms with Crippen LogP contribution < -0.4 is 4.72 Å². The molecule has 2 rings (SSSR count). The minimum Gasteiger partial charge on any atom is -0.469 e. The largest absolute Gasteiger partial charge is 0.469 e. The fraction of sp³-hybridized carbons (Fsp3) is 0.533. The first-order valence-electron chi connectivity index (χ1n) is 7.04. The van der Waals surface area contributed by atoms with Crippen LogP contribution in [0.15, 0.2) is 29.2 Å². The second-order valence-electron chi connectivity index (χ2n) is 5.77. The fourth-order valence-electron chi connectivity index (χ4n) is 2.67. The number of carbonyl (C=O) groups excluding carboxylic acids is 1. The summed E-state index contributed by atoms with van der Waals surface area (Å²) < 4.78 is 32.1. The smallest absolute Gasteiger partial charge is 0.309 e. The van der Waals surface area contributed by atoms with E-state index in [-0.39, 0.29) is 22.8 Å². The average Bonchev–Trinajstić information content (AvgIpc) is 2.84. The molecule has 0 atom stereocenters. The highest BCUT2D eigenvalue weighted by Crippen LogP contribution is 2.30. The van der Waals surface area contributed by atoms with E-state index in [0.717, 1.165) is 31.2 Å². The van der Waals surface area contributed by atoms with Gasteiger partial charge in [-0.1, -0.05) is 25.0 Å². The Kier molecular flexibility index (Phi) is 4.68. The Hall–Kier alpha value is -1.40. The molecule has 0 unspecified atom stereocenters. The van der Waals surface area contributed by atoms with Crippen molar-refractivity contribution in [2.75, 3.05) is 7.11 Å². The van der Waals surface area contributed by atoms with Crippen LogP contribution >= 0.6 is 0 Å². The van der Waals surface area contributed by atoms with Gasteiger partial charge in [0.1, 0.15) is 0 Å². The maximum Gasteiger partial charge on any atom is 0.309 e. The number of benzene rings is 1. The summed E-state index contributed by atoms with van der Waals surface area (Å²) in [7, 11) is -2.19. The van der Waals surface area contributed by atoms with Crippen LogP contribution in [-0.4, -0.2) is 27.0 Å². The van der Waals surface area contributed by atoms with Gasteiger partial charge in [-0.15, -0.1) is 0 Å². The van der Waals surface area contributed by atoms with E-state index >= 15 is 0 Å². The van der Waals surface area contributed by atoms with E-state index in [9.17, 15) is 13.2 Å². The Labute approximate surface area is 125 Å². The Morgan fingerprint density at radius 1 is 1.24 bits per heavy atom. The molecule has 0 spiro atoms. The van der Waals surface area contributed by atoms with Crippen molar-refractivity contribution in [3.63, 3.8) is 0 Å². The maximum absolute atomic E-state index is 12.4. The highest BCUT2D eigenvalue weighted by Gasteiger charge is 2.33. The van der Waals surface area contributed by atoms with Gasteiger partial charge in [0.2, 0.25) is 10.0 Å². The van der Waals surface area contributed by atoms with E-state index in [0.29, 0.717) is 0 Å². The van der Waals surface area contributed by atoms with Gasteiger partial charge in [-0.25, -0.2) is 13.1 Å². The molecule has 1 N–H and O–H groups in total. The zero-order chi connectivity index (χ0) is 15.5. The predicted molar refractivity (Wildman–Crippen MR) is 79.4 cm³/mol. The number of hydrogen-bond donors (Lipinski definition) is 1. The summed E-state index contributed by atoms with van der Waals surface area (Å²) in [6.07, 6.45) is 3.98. The number of methoxy groups -OCH3 is 1. The number of carbonyl (C=O) groups is 1. The van der Waals surface area contributed by atoms with Crippen molar-refractivity contribution in [3.05, 3.63) is 29.8 Å². The van der Waals surface area contributed by atoms with Crippen molar-refractivity contribution in [2.45, 2.75) is 49.5 Å². The molecule has 1 aliphatic rings. The normalized spacial score (nSPS) is 17.6. The van der Waals surface area contributed by atoms with Gasteiger partial charge in [0.25, 0.3) is 0 Å². The third-order valence-electron chi connectivity index (χ3n) is 3.90. The molecular formula is C15H21NO4S. The molecule has 116 valence electrons. The molecular weight excluding hydrogens is 290 g/mol. The van der Waals surface area contributed by atoms with Crippen molar-refractivity contribution in [3.8, 4) is 0 Å². The van der Waals surface area contributed by atoms with Gasteiger partial charge >= 0.3 is 5.97 Å². The molecule has 6 heteroatoms. The van der Waals surface area contributed by atoms with Crippen LogP contribution in [0, 0.1) is 0 Å². The average molecular weight is 311 g/mol. The van der Waals surface area contributed by atoms with E-state index in [1.807, 2.05) is 6.92 Å². The lowest BCUT2D eigenvalue weighted by atomic mass is 10.0. The molecule has 0 bridgehead atoms. The molecule has 0 aromatic heterocycles. The molecule has 5 nitrogen and oxygen atoms in total. The van der Waals surface area contributed by atoms with Gasteiger partial charge in [0.15, 0.2) is 0 Å². The Bertz CT molecular complexity index is 601. The monoisotopic (exact) mass is 311 g/mol. The van der Waals surface area contributed by atoms with Crippen LogP contribution in [0.2, 0.25) is 0 Å². The fourth-order valence-corrected chi connectivity index (χ4v) is 4.13. The van der Waals surface area contributed by atoms with Gasteiger partial charge in [-0.05, 0) is 37.5 Å². The summed E-state index contributed by atoms with van der Waals surface area (Å²) >= 11 is 0. The Morgan fingerprint density at radius 3 is 2.33 bits per heavy atom. The molecule has 1 aliphatic carbocycles. The first-order valence-corrected chi connectivity index (χ1v) is 8.53. The third kappa shape index (κ3) is 4.04. The summed E-state index contributed by atoms with van der Waals surface area (Å²) in [6.45, 7) is 1.95. The van der Waals surface area contributed by atoms with Crippen LogP contribution in [0.5, 0.6) is 0 Å². The molecule has 1 fully saturated rings. The minimum atomic E-state index is -3.52. The number of ether oxygens (including phenoxy) is 1. The summed E-state index contributed by atoms with van der Waals surface area (Å²) in [5.74, 6) is -0.345. The quantitative estimate of drug-likeness (QED) is 0.844. The van der Waals surface area contributed by atoms with E-state index < -0.39 is 10.0 Å². The molecule has 1 saturated carbocycles. The molecule has 0 aliphatic heterocycles. The van der Waals surface area contributed by atoms with Crippen molar-refractivity contribution in [1.29, 1.82) is 0 Å². The standard InChI is InChI=1S/C15H21NO4S/c1-15(9-3-4-10-15)16-21(18,19)13-7-5-12(6-8-13)11-14(17)20-2/h5-8,16H,3-4,9-11H2,1-2H3. The molecule has 0 heterocycles. The number of rotatable bonds is 5. The molecule has 21 heavy (non-hydrogen) atoms. The van der Waals surface area contributed by atoms with Gasteiger partial charge in [0.05, 0.1) is 18.4 Å². The number of sulfonamides is 1.